The second-order valence-corrected chi connectivity index (χ2v) is 5.54. The molecule has 1 N–H and O–H groups in total. The lowest BCUT2D eigenvalue weighted by Crippen LogP contribution is -2.23. The van der Waals surface area contributed by atoms with E-state index < -0.39 is 0 Å². The van der Waals surface area contributed by atoms with Gasteiger partial charge in [0.2, 0.25) is 0 Å². The van der Waals surface area contributed by atoms with Crippen LogP contribution in [0.4, 0.5) is 0 Å². The first-order chi connectivity index (χ1) is 10.3. The highest BCUT2D eigenvalue weighted by Crippen LogP contribution is 2.34. The summed E-state index contributed by atoms with van der Waals surface area (Å²) in [5, 5.41) is 3.36. The standard InChI is InChI=1S/C18H23NO2/c1-3-14-8-9-17(21-14)16(19-2)12-18-15-7-5-4-6-13(15)10-11-20-18/h4-9,16,18-19H,3,10-12H2,1-2H3. The molecule has 21 heavy (non-hydrogen) atoms. The molecule has 3 heteroatoms. The van der Waals surface area contributed by atoms with Gasteiger partial charge in [0.25, 0.3) is 0 Å². The van der Waals surface area contributed by atoms with E-state index in [-0.39, 0.29) is 12.1 Å². The van der Waals surface area contributed by atoms with Crippen LogP contribution in [0.5, 0.6) is 0 Å². The Hall–Kier alpha value is -1.58. The molecule has 1 aliphatic heterocycles. The lowest BCUT2D eigenvalue weighted by atomic mass is 9.93. The lowest BCUT2D eigenvalue weighted by Gasteiger charge is -2.28. The molecule has 0 aliphatic carbocycles. The number of benzene rings is 1. The quantitative estimate of drug-likeness (QED) is 0.907. The normalized spacial score (nSPS) is 19.2. The minimum Gasteiger partial charge on any atom is -0.464 e. The van der Waals surface area contributed by atoms with Crippen LogP contribution >= 0.6 is 0 Å². The van der Waals surface area contributed by atoms with Crippen LogP contribution in [-0.2, 0) is 17.6 Å². The molecule has 0 saturated heterocycles. The average molecular weight is 285 g/mol. The average Bonchev–Trinajstić information content (AvgIpc) is 3.01. The summed E-state index contributed by atoms with van der Waals surface area (Å²) in [6.07, 6.45) is 2.98. The maximum Gasteiger partial charge on any atom is 0.121 e. The summed E-state index contributed by atoms with van der Waals surface area (Å²) in [4.78, 5) is 0. The van der Waals surface area contributed by atoms with E-state index in [1.165, 1.54) is 11.1 Å². The smallest absolute Gasteiger partial charge is 0.121 e. The molecule has 2 heterocycles. The zero-order chi connectivity index (χ0) is 14.7. The van der Waals surface area contributed by atoms with E-state index in [0.29, 0.717) is 0 Å². The number of ether oxygens (including phenoxy) is 1. The van der Waals surface area contributed by atoms with Gasteiger partial charge >= 0.3 is 0 Å². The molecule has 0 spiro atoms. The van der Waals surface area contributed by atoms with Crippen molar-refractivity contribution in [2.45, 2.75) is 38.3 Å². The third-order valence-electron chi connectivity index (χ3n) is 4.26. The van der Waals surface area contributed by atoms with Crippen molar-refractivity contribution in [3.63, 3.8) is 0 Å². The van der Waals surface area contributed by atoms with Crippen molar-refractivity contribution in [1.29, 1.82) is 0 Å². The second kappa shape index (κ2) is 6.46. The van der Waals surface area contributed by atoms with Gasteiger partial charge in [0, 0.05) is 12.8 Å². The first kappa shape index (κ1) is 14.4. The van der Waals surface area contributed by atoms with Gasteiger partial charge < -0.3 is 14.5 Å². The molecular weight excluding hydrogens is 262 g/mol. The van der Waals surface area contributed by atoms with E-state index in [1.54, 1.807) is 0 Å². The van der Waals surface area contributed by atoms with E-state index in [0.717, 1.165) is 37.4 Å². The molecule has 112 valence electrons. The van der Waals surface area contributed by atoms with Crippen LogP contribution in [0.3, 0.4) is 0 Å². The summed E-state index contributed by atoms with van der Waals surface area (Å²) >= 11 is 0. The summed E-state index contributed by atoms with van der Waals surface area (Å²) < 4.78 is 11.9. The fraction of sp³-hybridized carbons (Fsp3) is 0.444. The van der Waals surface area contributed by atoms with E-state index in [4.69, 9.17) is 9.15 Å². The molecule has 2 aromatic rings. The van der Waals surface area contributed by atoms with Crippen molar-refractivity contribution >= 4 is 0 Å². The number of nitrogens with one attached hydrogen (secondary N) is 1. The van der Waals surface area contributed by atoms with Gasteiger partial charge in [-0.3, -0.25) is 0 Å². The minimum atomic E-state index is 0.141. The highest BCUT2D eigenvalue weighted by molar-refractivity contribution is 5.31. The van der Waals surface area contributed by atoms with E-state index in [2.05, 4.69) is 48.6 Å². The molecule has 2 atom stereocenters. The summed E-state index contributed by atoms with van der Waals surface area (Å²) in [6.45, 7) is 2.91. The molecule has 0 bridgehead atoms. The van der Waals surface area contributed by atoms with Crippen LogP contribution in [-0.4, -0.2) is 13.7 Å². The van der Waals surface area contributed by atoms with Crippen LogP contribution in [0.2, 0.25) is 0 Å². The molecule has 2 unspecified atom stereocenters. The molecule has 0 saturated carbocycles. The van der Waals surface area contributed by atoms with Gasteiger partial charge in [-0.15, -0.1) is 0 Å². The molecule has 3 nitrogen and oxygen atoms in total. The van der Waals surface area contributed by atoms with Gasteiger partial charge in [0.05, 0.1) is 18.8 Å². The molecule has 1 aliphatic rings. The number of furan rings is 1. The van der Waals surface area contributed by atoms with Gasteiger partial charge in [-0.1, -0.05) is 31.2 Å². The van der Waals surface area contributed by atoms with Crippen LogP contribution in [0.25, 0.3) is 0 Å². The number of hydrogen-bond acceptors (Lipinski definition) is 3. The third-order valence-corrected chi connectivity index (χ3v) is 4.26. The lowest BCUT2D eigenvalue weighted by molar-refractivity contribution is 0.0282. The van der Waals surface area contributed by atoms with Gasteiger partial charge in [-0.05, 0) is 36.7 Å². The van der Waals surface area contributed by atoms with Gasteiger partial charge in [-0.25, -0.2) is 0 Å². The SMILES string of the molecule is CCc1ccc(C(CC2OCCc3ccccc32)NC)o1. The zero-order valence-corrected chi connectivity index (χ0v) is 12.8. The topological polar surface area (TPSA) is 34.4 Å². The summed E-state index contributed by atoms with van der Waals surface area (Å²) in [7, 11) is 1.98. The Kier molecular flexibility index (Phi) is 4.42. The van der Waals surface area contributed by atoms with Crippen molar-refractivity contribution in [2.75, 3.05) is 13.7 Å². The molecular formula is C18H23NO2. The molecule has 1 aromatic carbocycles. The van der Waals surface area contributed by atoms with Crippen molar-refractivity contribution in [2.24, 2.45) is 0 Å². The second-order valence-electron chi connectivity index (χ2n) is 5.54. The van der Waals surface area contributed by atoms with Gasteiger partial charge in [0.1, 0.15) is 11.5 Å². The maximum absolute atomic E-state index is 6.01. The Balaban J connectivity index is 1.78. The van der Waals surface area contributed by atoms with Crippen molar-refractivity contribution < 1.29 is 9.15 Å². The Morgan fingerprint density at radius 2 is 2.10 bits per heavy atom. The van der Waals surface area contributed by atoms with E-state index in [1.807, 2.05) is 7.05 Å². The molecule has 1 aromatic heterocycles. The Morgan fingerprint density at radius 1 is 1.24 bits per heavy atom. The maximum atomic E-state index is 6.01. The molecule has 0 amide bonds. The first-order valence-corrected chi connectivity index (χ1v) is 7.77. The first-order valence-electron chi connectivity index (χ1n) is 7.77. The van der Waals surface area contributed by atoms with Crippen LogP contribution < -0.4 is 5.32 Å². The zero-order valence-electron chi connectivity index (χ0n) is 12.8. The van der Waals surface area contributed by atoms with Crippen molar-refractivity contribution in [1.82, 2.24) is 5.32 Å². The third kappa shape index (κ3) is 3.04. The summed E-state index contributed by atoms with van der Waals surface area (Å²) in [5.74, 6) is 2.04. The fourth-order valence-corrected chi connectivity index (χ4v) is 3.03. The van der Waals surface area contributed by atoms with E-state index >= 15 is 0 Å². The predicted octanol–water partition coefficient (Wildman–Crippen LogP) is 3.81. The molecule has 0 fully saturated rings. The number of aryl methyl sites for hydroxylation is 1. The summed E-state index contributed by atoms with van der Waals surface area (Å²) in [5.41, 5.74) is 2.74. The van der Waals surface area contributed by atoms with E-state index in [9.17, 15) is 0 Å². The van der Waals surface area contributed by atoms with Crippen molar-refractivity contribution in [3.8, 4) is 0 Å². The van der Waals surface area contributed by atoms with Crippen LogP contribution in [0.1, 0.15) is 48.1 Å². The number of fused-ring (bicyclic) bond motifs is 1. The molecule has 3 rings (SSSR count). The van der Waals surface area contributed by atoms with Crippen molar-refractivity contribution in [3.05, 3.63) is 59.0 Å². The highest BCUT2D eigenvalue weighted by Gasteiger charge is 2.25. The Labute approximate surface area is 126 Å². The fourth-order valence-electron chi connectivity index (χ4n) is 3.03. The number of hydrogen-bond donors (Lipinski definition) is 1. The highest BCUT2D eigenvalue weighted by atomic mass is 16.5. The van der Waals surface area contributed by atoms with Crippen LogP contribution in [0, 0.1) is 0 Å². The van der Waals surface area contributed by atoms with Gasteiger partial charge in [0.15, 0.2) is 0 Å². The Bertz CT molecular complexity index is 590. The number of rotatable bonds is 5. The molecule has 0 radical (unpaired) electrons. The van der Waals surface area contributed by atoms with Gasteiger partial charge in [-0.2, -0.15) is 0 Å². The monoisotopic (exact) mass is 285 g/mol. The Morgan fingerprint density at radius 3 is 2.86 bits per heavy atom. The minimum absolute atomic E-state index is 0.141. The largest absolute Gasteiger partial charge is 0.464 e. The van der Waals surface area contributed by atoms with Crippen LogP contribution in [0.15, 0.2) is 40.8 Å². The summed E-state index contributed by atoms with van der Waals surface area (Å²) in [6, 6.07) is 12.9. The predicted molar refractivity (Wildman–Crippen MR) is 83.3 cm³/mol.